The highest BCUT2D eigenvalue weighted by molar-refractivity contribution is 8.00. The molecule has 7 rings (SSSR count). The number of aromatic nitrogens is 1. The van der Waals surface area contributed by atoms with E-state index in [1.165, 1.54) is 34.2 Å². The van der Waals surface area contributed by atoms with Crippen LogP contribution in [0.1, 0.15) is 42.2 Å². The van der Waals surface area contributed by atoms with E-state index in [-0.39, 0.29) is 56.9 Å². The van der Waals surface area contributed by atoms with Crippen LogP contribution in [0.3, 0.4) is 0 Å². The summed E-state index contributed by atoms with van der Waals surface area (Å²) in [7, 11) is 0. The maximum atomic E-state index is 13.6. The van der Waals surface area contributed by atoms with E-state index in [2.05, 4.69) is 15.5 Å². The number of thioether (sulfide) groups is 1. The number of halogens is 1. The Morgan fingerprint density at radius 3 is 2.55 bits per heavy atom. The fourth-order valence-electron chi connectivity index (χ4n) is 6.95. The summed E-state index contributed by atoms with van der Waals surface area (Å²) in [6.45, 7) is 4.13. The van der Waals surface area contributed by atoms with Gasteiger partial charge in [-0.2, -0.15) is 0 Å². The number of benzene rings is 1. The molecule has 2 bridgehead atoms. The summed E-state index contributed by atoms with van der Waals surface area (Å²) in [6, 6.07) is 1.39. The van der Waals surface area contributed by atoms with Crippen molar-refractivity contribution in [2.24, 2.45) is 5.16 Å². The number of amides is 3. The van der Waals surface area contributed by atoms with Gasteiger partial charge in [0.05, 0.1) is 36.8 Å². The van der Waals surface area contributed by atoms with Crippen molar-refractivity contribution in [3.05, 3.63) is 45.1 Å². The number of carbonyl (C=O) groups excluding carboxylic acids is 3. The molecule has 2 aromatic rings. The lowest BCUT2D eigenvalue weighted by Gasteiger charge is -2.50. The first-order chi connectivity index (χ1) is 24.2. The third-order valence-corrected chi connectivity index (χ3v) is 12.1. The molecule has 5 aliphatic heterocycles. The average molecular weight is 765 g/mol. The normalized spacial score (nSPS) is 25.1. The van der Waals surface area contributed by atoms with Crippen molar-refractivity contribution >= 4 is 75.2 Å². The number of oxime groups is 1. The first-order valence-electron chi connectivity index (χ1n) is 16.0. The van der Waals surface area contributed by atoms with Crippen molar-refractivity contribution in [2.75, 3.05) is 44.2 Å². The van der Waals surface area contributed by atoms with Gasteiger partial charge in [-0.25, -0.2) is 14.6 Å². The van der Waals surface area contributed by atoms with Gasteiger partial charge in [-0.3, -0.25) is 19.3 Å². The van der Waals surface area contributed by atoms with Gasteiger partial charge in [-0.15, -0.1) is 23.1 Å². The number of β-lactam (4-membered cyclic amide) rings is 1. The van der Waals surface area contributed by atoms with Gasteiger partial charge in [0.15, 0.2) is 22.3 Å². The van der Waals surface area contributed by atoms with Gasteiger partial charge in [0.25, 0.3) is 17.7 Å². The van der Waals surface area contributed by atoms with E-state index in [4.69, 9.17) is 22.2 Å². The Hall–Kier alpha value is -4.59. The number of phenols is 2. The number of phenolic OH excluding ortho intramolecular Hbond substituents is 2. The fourth-order valence-corrected chi connectivity index (χ4v) is 9.07. The molecule has 17 nitrogen and oxygen atoms in total. The number of aromatic hydroxyl groups is 2. The average Bonchev–Trinajstić information content (AvgIpc) is 3.35. The van der Waals surface area contributed by atoms with E-state index in [1.54, 1.807) is 11.8 Å². The molecule has 0 aliphatic carbocycles. The monoisotopic (exact) mass is 764 g/mol. The van der Waals surface area contributed by atoms with Gasteiger partial charge in [0.2, 0.25) is 6.10 Å². The van der Waals surface area contributed by atoms with E-state index < -0.39 is 52.8 Å². The first kappa shape index (κ1) is 36.2. The molecular weight excluding hydrogens is 730 g/mol. The fraction of sp³-hybridized carbons (Fsp3) is 0.452. The zero-order chi connectivity index (χ0) is 36.8. The number of aliphatic carboxylic acids is 2. The van der Waals surface area contributed by atoms with E-state index in [0.717, 1.165) is 11.3 Å². The number of hydrogen-bond acceptors (Lipinski definition) is 13. The van der Waals surface area contributed by atoms with Crippen molar-refractivity contribution in [2.45, 2.75) is 49.7 Å². The number of anilines is 1. The molecule has 5 aliphatic rings. The number of quaternary nitrogens is 1. The van der Waals surface area contributed by atoms with Crippen molar-refractivity contribution < 1.29 is 53.7 Å². The molecule has 4 saturated heterocycles. The minimum Gasteiger partial charge on any atom is -0.504 e. The van der Waals surface area contributed by atoms with Crippen molar-refractivity contribution in [3.63, 3.8) is 0 Å². The molecule has 1 aromatic carbocycles. The zero-order valence-electron chi connectivity index (χ0n) is 27.2. The molecule has 4 fully saturated rings. The number of carbonyl (C=O) groups is 5. The van der Waals surface area contributed by atoms with Crippen molar-refractivity contribution in [1.29, 1.82) is 0 Å². The molecule has 0 saturated carbocycles. The second-order valence-electron chi connectivity index (χ2n) is 12.7. The standard InChI is InChI=1S/C31H34ClN7O10S2/c1-2-19(29(45)46)49-36-21(17-13-51-31(33)34-17)25(42)35-22-27(44)38-23(30(47)48)14(12-50-28(22)38)11-39-8-5-15(6-9-39)37(7-10-39)26(43)16-3-4-18(40)24(41)20(16)32/h3-4,13,15,19,22,28H,2,5-12H2,1H3,(H6-,33,34,35,36,40,41,42,43,45,46,47,48)/p+1/t15?,19-,22+,28+,39?/m0/s1. The molecule has 3 amide bonds. The van der Waals surface area contributed by atoms with Gasteiger partial charge < -0.3 is 45.7 Å². The summed E-state index contributed by atoms with van der Waals surface area (Å²) in [6.07, 6.45) is 0.0294. The van der Waals surface area contributed by atoms with Crippen LogP contribution >= 0.6 is 34.7 Å². The summed E-state index contributed by atoms with van der Waals surface area (Å²) >= 11 is 8.53. The molecule has 7 N–H and O–H groups in total. The third kappa shape index (κ3) is 6.77. The molecular formula is C31H35ClN7O10S2+. The quantitative estimate of drug-likeness (QED) is 0.0621. The Labute approximate surface area is 303 Å². The molecule has 0 unspecified atom stereocenters. The van der Waals surface area contributed by atoms with E-state index in [1.807, 2.05) is 0 Å². The third-order valence-electron chi connectivity index (χ3n) is 9.68. The van der Waals surface area contributed by atoms with Crippen molar-refractivity contribution in [1.82, 2.24) is 20.1 Å². The Morgan fingerprint density at radius 2 is 1.92 bits per heavy atom. The Kier molecular flexibility index (Phi) is 10.1. The van der Waals surface area contributed by atoms with Crippen molar-refractivity contribution in [3.8, 4) is 11.5 Å². The van der Waals surface area contributed by atoms with E-state index >= 15 is 0 Å². The Bertz CT molecular complexity index is 1860. The van der Waals surface area contributed by atoms with Crippen LogP contribution in [0.5, 0.6) is 11.5 Å². The van der Waals surface area contributed by atoms with Crippen LogP contribution in [0.15, 0.2) is 33.9 Å². The number of piperidine rings is 1. The predicted molar refractivity (Wildman–Crippen MR) is 184 cm³/mol. The largest absolute Gasteiger partial charge is 0.504 e. The molecule has 20 heteroatoms. The summed E-state index contributed by atoms with van der Waals surface area (Å²) in [5, 5.41) is 46.5. The number of nitrogens with zero attached hydrogens (tertiary/aromatic N) is 5. The second kappa shape index (κ2) is 14.2. The number of carboxylic acids is 2. The number of thiazole rings is 1. The van der Waals surface area contributed by atoms with Gasteiger partial charge in [0.1, 0.15) is 29.4 Å². The molecule has 0 radical (unpaired) electrons. The molecule has 6 heterocycles. The van der Waals surface area contributed by atoms with E-state index in [0.29, 0.717) is 55.6 Å². The zero-order valence-corrected chi connectivity index (χ0v) is 29.5. The maximum Gasteiger partial charge on any atom is 0.352 e. The molecule has 272 valence electrons. The highest BCUT2D eigenvalue weighted by Gasteiger charge is 2.55. The topological polar surface area (TPSA) is 245 Å². The number of nitrogens with one attached hydrogen (secondary N) is 1. The van der Waals surface area contributed by atoms with Crippen LogP contribution in [-0.2, 0) is 24.0 Å². The number of nitrogen functional groups attached to an aromatic ring is 1. The lowest BCUT2D eigenvalue weighted by molar-refractivity contribution is -0.924. The van der Waals surface area contributed by atoms with Crippen LogP contribution in [-0.4, -0.2) is 137 Å². The summed E-state index contributed by atoms with van der Waals surface area (Å²) in [5.74, 6) is -5.15. The molecule has 1 aromatic heterocycles. The summed E-state index contributed by atoms with van der Waals surface area (Å²) in [5.41, 5.74) is 5.87. The highest BCUT2D eigenvalue weighted by atomic mass is 35.5. The maximum absolute atomic E-state index is 13.6. The number of carboxylic acid groups (broad SMARTS) is 2. The van der Waals surface area contributed by atoms with Gasteiger partial charge >= 0.3 is 11.9 Å². The highest BCUT2D eigenvalue weighted by Crippen LogP contribution is 2.42. The predicted octanol–water partition coefficient (Wildman–Crippen LogP) is 1.25. The van der Waals surface area contributed by atoms with Crippen LogP contribution in [0.4, 0.5) is 5.13 Å². The lowest BCUT2D eigenvalue weighted by Crippen LogP contribution is -2.71. The molecule has 3 atom stereocenters. The lowest BCUT2D eigenvalue weighted by atomic mass is 9.99. The van der Waals surface area contributed by atoms with Crippen LogP contribution < -0.4 is 11.1 Å². The van der Waals surface area contributed by atoms with Crippen LogP contribution in [0.2, 0.25) is 5.02 Å². The Morgan fingerprint density at radius 1 is 1.20 bits per heavy atom. The Balaban J connectivity index is 1.17. The number of nitrogens with two attached hydrogens (primary N) is 1. The van der Waals surface area contributed by atoms with E-state index in [9.17, 15) is 44.4 Å². The summed E-state index contributed by atoms with van der Waals surface area (Å²) in [4.78, 5) is 76.7. The molecule has 0 spiro atoms. The van der Waals surface area contributed by atoms with Gasteiger partial charge in [0, 0.05) is 35.6 Å². The molecule has 51 heavy (non-hydrogen) atoms. The first-order valence-corrected chi connectivity index (χ1v) is 18.3. The SMILES string of the molecule is CC[C@H](O/N=C(\C(=O)N[C@@H]1C(=O)N2C(C(=O)O)=C(C[N+]34CCC(CC3)N(C(=O)c3ccc(O)c(O)c3Cl)CC4)CS[C@H]12)c1csc(N)n1)C(=O)O. The van der Waals surface area contributed by atoms with Crippen LogP contribution in [0, 0.1) is 0 Å². The van der Waals surface area contributed by atoms with Gasteiger partial charge in [-0.1, -0.05) is 23.7 Å². The number of hydrogen-bond donors (Lipinski definition) is 6. The number of rotatable bonds is 11. The second-order valence-corrected chi connectivity index (χ2v) is 15.0. The smallest absolute Gasteiger partial charge is 0.352 e. The summed E-state index contributed by atoms with van der Waals surface area (Å²) < 4.78 is 0.514. The van der Waals surface area contributed by atoms with Gasteiger partial charge in [-0.05, 0) is 18.6 Å². The minimum atomic E-state index is -1.34. The number of fused-ring (bicyclic) bond motifs is 5. The van der Waals surface area contributed by atoms with Crippen LogP contribution in [0.25, 0.3) is 0 Å². The minimum absolute atomic E-state index is 0.0169.